The average Bonchev–Trinajstić information content (AvgIpc) is 2.99. The quantitative estimate of drug-likeness (QED) is 0.437. The van der Waals surface area contributed by atoms with Crippen LogP contribution in [-0.4, -0.2) is 71.4 Å². The largest absolute Gasteiger partial charge is 0.522 e. The van der Waals surface area contributed by atoms with E-state index in [1.807, 2.05) is 6.07 Å². The first-order chi connectivity index (χ1) is 21.1. The number of pyridine rings is 1. The van der Waals surface area contributed by atoms with Gasteiger partial charge in [0.2, 0.25) is 5.91 Å². The van der Waals surface area contributed by atoms with Gasteiger partial charge < -0.3 is 15.4 Å². The number of ether oxygens (including phenoxy) is 2. The number of amides is 3. The summed E-state index contributed by atoms with van der Waals surface area (Å²) in [6.45, 7) is 6.81. The van der Waals surface area contributed by atoms with Gasteiger partial charge in [0.25, 0.3) is 11.8 Å². The Kier molecular flexibility index (Phi) is 10.2. The molecule has 2 aliphatic rings. The molecule has 2 aliphatic heterocycles. The van der Waals surface area contributed by atoms with Gasteiger partial charge in [-0.15, -0.1) is 13.2 Å². The molecule has 5 atom stereocenters. The lowest BCUT2D eigenvalue weighted by Gasteiger charge is -2.35. The van der Waals surface area contributed by atoms with Gasteiger partial charge in [0.15, 0.2) is 6.10 Å². The summed E-state index contributed by atoms with van der Waals surface area (Å²) < 4.78 is 48.9. The van der Waals surface area contributed by atoms with Gasteiger partial charge in [-0.05, 0) is 57.2 Å². The number of carbonyl (C=O) groups is 4. The molecular weight excluding hydrogens is 595 g/mol. The third kappa shape index (κ3) is 8.37. The van der Waals surface area contributed by atoms with Crippen molar-refractivity contribution < 1.29 is 41.8 Å². The van der Waals surface area contributed by atoms with Crippen molar-refractivity contribution in [3.8, 4) is 0 Å². The summed E-state index contributed by atoms with van der Waals surface area (Å²) in [5, 5.41) is 7.52. The van der Waals surface area contributed by atoms with E-state index in [1.165, 1.54) is 31.0 Å². The van der Waals surface area contributed by atoms with Gasteiger partial charge in [0.1, 0.15) is 17.5 Å². The topological polar surface area (TPSA) is 139 Å². The monoisotopic (exact) mass is 633 g/mol. The van der Waals surface area contributed by atoms with E-state index in [0.29, 0.717) is 36.2 Å². The van der Waals surface area contributed by atoms with E-state index in [2.05, 4.69) is 25.8 Å². The first kappa shape index (κ1) is 33.8. The normalized spacial score (nSPS) is 28.1. The molecule has 3 amide bonds. The van der Waals surface area contributed by atoms with Gasteiger partial charge in [0.05, 0.1) is 23.9 Å². The first-order valence-corrected chi connectivity index (χ1v) is 14.8. The van der Waals surface area contributed by atoms with Crippen molar-refractivity contribution in [2.45, 2.75) is 78.1 Å². The third-order valence-corrected chi connectivity index (χ3v) is 7.78. The smallest absolute Gasteiger partial charge is 0.451 e. The first-order valence-electron chi connectivity index (χ1n) is 14.8. The van der Waals surface area contributed by atoms with Crippen molar-refractivity contribution in [3.05, 3.63) is 47.7 Å². The minimum atomic E-state index is -5.03. The Morgan fingerprint density at radius 1 is 1.07 bits per heavy atom. The van der Waals surface area contributed by atoms with Crippen LogP contribution in [0.2, 0.25) is 0 Å². The summed E-state index contributed by atoms with van der Waals surface area (Å²) in [4.78, 5) is 57.8. The highest BCUT2D eigenvalue weighted by Gasteiger charge is 2.42. The van der Waals surface area contributed by atoms with Gasteiger partial charge in [-0.2, -0.15) is 0 Å². The highest BCUT2D eigenvalue weighted by molar-refractivity contribution is 5.91. The number of halogens is 3. The van der Waals surface area contributed by atoms with Crippen LogP contribution in [0.1, 0.15) is 64.8 Å². The molecule has 1 aromatic heterocycles. The van der Waals surface area contributed by atoms with Crippen molar-refractivity contribution in [1.82, 2.24) is 26.1 Å². The van der Waals surface area contributed by atoms with Gasteiger partial charge in [-0.1, -0.05) is 44.2 Å². The molecule has 3 heterocycles. The molecule has 0 spiro atoms. The highest BCUT2D eigenvalue weighted by atomic mass is 19.4. The molecule has 5 bridgehead atoms. The summed E-state index contributed by atoms with van der Waals surface area (Å²) in [5.41, 5.74) is 2.62. The molecule has 2 aromatic rings. The maximum absolute atomic E-state index is 13.5. The van der Waals surface area contributed by atoms with Crippen LogP contribution in [0, 0.1) is 11.3 Å². The second kappa shape index (κ2) is 13.5. The van der Waals surface area contributed by atoms with Gasteiger partial charge in [-0.25, -0.2) is 5.43 Å². The number of hydrogen-bond donors (Lipinski definition) is 3. The summed E-state index contributed by atoms with van der Waals surface area (Å²) in [7, 11) is 0. The Labute approximate surface area is 258 Å². The van der Waals surface area contributed by atoms with Gasteiger partial charge >= 0.3 is 12.3 Å². The molecule has 1 unspecified atom stereocenters. The Bertz CT molecular complexity index is 1480. The maximum Gasteiger partial charge on any atom is 0.522 e. The molecular formula is C31H38F3N5O6. The molecule has 11 nitrogen and oxygen atoms in total. The van der Waals surface area contributed by atoms with E-state index < -0.39 is 66.3 Å². The number of rotatable bonds is 3. The van der Waals surface area contributed by atoms with Crippen molar-refractivity contribution in [2.24, 2.45) is 11.3 Å². The second-order valence-corrected chi connectivity index (χ2v) is 12.0. The number of alkyl halides is 3. The lowest BCUT2D eigenvalue weighted by atomic mass is 9.90. The molecule has 1 fully saturated rings. The van der Waals surface area contributed by atoms with Crippen LogP contribution in [0.4, 0.5) is 13.2 Å². The number of nitrogens with zero attached hydrogens (tertiary/aromatic N) is 2. The zero-order valence-corrected chi connectivity index (χ0v) is 25.7. The Hall–Kier alpha value is -4.04. The molecule has 14 heteroatoms. The van der Waals surface area contributed by atoms with Gasteiger partial charge in [0, 0.05) is 11.9 Å². The fraction of sp³-hybridized carbons (Fsp3) is 0.516. The lowest BCUT2D eigenvalue weighted by Crippen LogP contribution is -2.61. The van der Waals surface area contributed by atoms with E-state index in [-0.39, 0.29) is 5.91 Å². The standard InChI is InChI=1S/C31H38F3N5O6/c1-17(2)25-27(41)36-19(4)28(42)39-14-6-7-23(38-39)26(40)35-18(3)22-11-10-21-9-8-20(15-24(21)37-22)12-13-30(5,29(43)45-25)16-44-31(32,33)34/h8-13,15,17-19,23,25,38H,6-7,14,16H2,1-5H3,(H,35,40)(H,36,41)/b13-12+/t18-,19+,23+,25?,30-/m1/s1. The summed E-state index contributed by atoms with van der Waals surface area (Å²) in [6.07, 6.45) is -2.77. The predicted octanol–water partition coefficient (Wildman–Crippen LogP) is 3.55. The Morgan fingerprint density at radius 2 is 1.76 bits per heavy atom. The zero-order chi connectivity index (χ0) is 33.1. The number of nitrogens with one attached hydrogen (secondary N) is 3. The molecule has 244 valence electrons. The number of carbonyl (C=O) groups excluding carboxylic acids is 4. The summed E-state index contributed by atoms with van der Waals surface area (Å²) in [6, 6.07) is 6.50. The zero-order valence-electron chi connectivity index (χ0n) is 25.7. The number of hydrazine groups is 1. The van der Waals surface area contributed by atoms with Crippen LogP contribution in [-0.2, 0) is 28.7 Å². The van der Waals surface area contributed by atoms with Crippen LogP contribution >= 0.6 is 0 Å². The van der Waals surface area contributed by atoms with Crippen LogP contribution in [0.3, 0.4) is 0 Å². The molecule has 1 aromatic carbocycles. The number of esters is 1. The average molecular weight is 634 g/mol. The van der Waals surface area contributed by atoms with E-state index >= 15 is 0 Å². The van der Waals surface area contributed by atoms with Crippen LogP contribution in [0.15, 0.2) is 36.4 Å². The molecule has 1 saturated heterocycles. The fourth-order valence-corrected chi connectivity index (χ4v) is 5.04. The number of hydrogen-bond acceptors (Lipinski definition) is 8. The van der Waals surface area contributed by atoms with Crippen LogP contribution in [0.25, 0.3) is 17.0 Å². The van der Waals surface area contributed by atoms with E-state index in [0.717, 1.165) is 5.39 Å². The summed E-state index contributed by atoms with van der Waals surface area (Å²) >= 11 is 0. The molecule has 4 rings (SSSR count). The fourth-order valence-electron chi connectivity index (χ4n) is 5.04. The van der Waals surface area contributed by atoms with Gasteiger partial charge in [-0.3, -0.25) is 33.9 Å². The van der Waals surface area contributed by atoms with Crippen molar-refractivity contribution in [3.63, 3.8) is 0 Å². The number of benzene rings is 1. The maximum atomic E-state index is 13.5. The van der Waals surface area contributed by atoms with E-state index in [9.17, 15) is 32.3 Å². The second-order valence-electron chi connectivity index (χ2n) is 12.0. The molecule has 3 N–H and O–H groups in total. The van der Waals surface area contributed by atoms with Crippen molar-refractivity contribution in [2.75, 3.05) is 13.2 Å². The lowest BCUT2D eigenvalue weighted by molar-refractivity contribution is -0.330. The molecule has 0 radical (unpaired) electrons. The molecule has 0 aliphatic carbocycles. The van der Waals surface area contributed by atoms with Crippen LogP contribution in [0.5, 0.6) is 0 Å². The predicted molar refractivity (Wildman–Crippen MR) is 158 cm³/mol. The van der Waals surface area contributed by atoms with Crippen molar-refractivity contribution in [1.29, 1.82) is 0 Å². The Morgan fingerprint density at radius 3 is 2.44 bits per heavy atom. The summed E-state index contributed by atoms with van der Waals surface area (Å²) in [5.74, 6) is -3.37. The Balaban J connectivity index is 1.75. The van der Waals surface area contributed by atoms with Crippen molar-refractivity contribution >= 4 is 40.7 Å². The number of aromatic nitrogens is 1. The van der Waals surface area contributed by atoms with E-state index in [1.54, 1.807) is 45.0 Å². The third-order valence-electron chi connectivity index (χ3n) is 7.78. The molecule has 45 heavy (non-hydrogen) atoms. The van der Waals surface area contributed by atoms with E-state index in [4.69, 9.17) is 4.74 Å². The molecule has 0 saturated carbocycles. The minimum absolute atomic E-state index is 0.291. The SMILES string of the molecule is CC(C)C1OC(=O)[C@@](C)(COC(F)(F)F)/C=C/c2ccc3ccc(nc3c2)[C@@H](C)NC(=O)[C@@H]2CCCN(N2)C(=O)[C@H](C)NC1=O. The number of cyclic esters (lactones) is 1. The highest BCUT2D eigenvalue weighted by Crippen LogP contribution is 2.29. The minimum Gasteiger partial charge on any atom is -0.451 e. The van der Waals surface area contributed by atoms with Crippen LogP contribution < -0.4 is 16.1 Å². The number of fused-ring (bicyclic) bond motifs is 4.